The number of nitrogens with zero attached hydrogens (tertiary/aromatic N) is 4. The zero-order valence-corrected chi connectivity index (χ0v) is 23.6. The molecule has 1 saturated heterocycles. The van der Waals surface area contributed by atoms with E-state index in [1.165, 1.54) is 38.5 Å². The summed E-state index contributed by atoms with van der Waals surface area (Å²) in [6.07, 6.45) is 7.51. The highest BCUT2D eigenvalue weighted by Crippen LogP contribution is 2.60. The first-order chi connectivity index (χ1) is 19.2. The van der Waals surface area contributed by atoms with Crippen LogP contribution in [0.3, 0.4) is 0 Å². The standard InChI is InChI=1S/C29H42N6O5.CH4/c1-28(2,30)26(36)31-23(17-39-18-29-13-19-10-20(14-29)12-21(11-19)15-29)25-33-32-24-5-3-4-22(35(24)25)16-40-27(37)34-6-8-38-9-7-34;/h3-5,19-21,23H,6-18,30H2,1-2H3,(H,31,36);1H4/t19?,20?,21?,23-,29?;/m1./s1. The minimum absolute atomic E-state index is 0. The highest BCUT2D eigenvalue weighted by Gasteiger charge is 2.51. The smallest absolute Gasteiger partial charge is 0.410 e. The molecule has 11 heteroatoms. The van der Waals surface area contributed by atoms with Crippen molar-refractivity contribution in [1.82, 2.24) is 24.8 Å². The summed E-state index contributed by atoms with van der Waals surface area (Å²) >= 11 is 0. The van der Waals surface area contributed by atoms with Crippen molar-refractivity contribution < 1.29 is 23.8 Å². The van der Waals surface area contributed by atoms with E-state index in [1.807, 2.05) is 22.6 Å². The molecule has 2 aromatic heterocycles. The van der Waals surface area contributed by atoms with Crippen molar-refractivity contribution in [3.63, 3.8) is 0 Å². The molecule has 226 valence electrons. The van der Waals surface area contributed by atoms with E-state index in [9.17, 15) is 9.59 Å². The van der Waals surface area contributed by atoms with Crippen LogP contribution in [0.15, 0.2) is 18.2 Å². The molecule has 11 nitrogen and oxygen atoms in total. The van der Waals surface area contributed by atoms with Crippen molar-refractivity contribution in [1.29, 1.82) is 0 Å². The Balaban J connectivity index is 0.00000337. The van der Waals surface area contributed by atoms with Gasteiger partial charge in [-0.25, -0.2) is 4.79 Å². The Labute approximate surface area is 242 Å². The number of ether oxygens (including phenoxy) is 3. The molecule has 0 unspecified atom stereocenters. The number of morpholine rings is 1. The molecule has 41 heavy (non-hydrogen) atoms. The van der Waals surface area contributed by atoms with E-state index in [4.69, 9.17) is 19.9 Å². The molecule has 0 radical (unpaired) electrons. The maximum Gasteiger partial charge on any atom is 0.410 e. The molecule has 4 bridgehead atoms. The van der Waals surface area contributed by atoms with Crippen LogP contribution in [0.4, 0.5) is 4.79 Å². The molecule has 0 aromatic carbocycles. The molecule has 1 aliphatic heterocycles. The molecule has 3 N–H and O–H groups in total. The molecule has 0 spiro atoms. The largest absolute Gasteiger partial charge is 0.443 e. The Hall–Kier alpha value is -2.76. The number of aromatic nitrogens is 3. The van der Waals surface area contributed by atoms with Crippen molar-refractivity contribution in [2.75, 3.05) is 39.5 Å². The maximum atomic E-state index is 13.0. The summed E-state index contributed by atoms with van der Waals surface area (Å²) in [7, 11) is 0. The molecule has 5 fully saturated rings. The van der Waals surface area contributed by atoms with Gasteiger partial charge in [-0.15, -0.1) is 10.2 Å². The first-order valence-electron chi connectivity index (χ1n) is 14.7. The van der Waals surface area contributed by atoms with Crippen LogP contribution in [0.5, 0.6) is 0 Å². The van der Waals surface area contributed by atoms with E-state index in [-0.39, 0.29) is 38.1 Å². The number of fused-ring (bicyclic) bond motifs is 1. The number of nitrogens with two attached hydrogens (primary N) is 1. The van der Waals surface area contributed by atoms with E-state index in [2.05, 4.69) is 15.5 Å². The van der Waals surface area contributed by atoms with Gasteiger partial charge in [0.05, 0.1) is 37.7 Å². The summed E-state index contributed by atoms with van der Waals surface area (Å²) in [4.78, 5) is 27.3. The topological polar surface area (TPSA) is 133 Å². The summed E-state index contributed by atoms with van der Waals surface area (Å²) in [5, 5.41) is 11.9. The highest BCUT2D eigenvalue weighted by atomic mass is 16.6. The first kappa shape index (κ1) is 29.7. The number of nitrogens with one attached hydrogen (secondary N) is 1. The quantitative estimate of drug-likeness (QED) is 0.468. The van der Waals surface area contributed by atoms with Crippen LogP contribution in [-0.4, -0.2) is 76.6 Å². The van der Waals surface area contributed by atoms with Gasteiger partial charge >= 0.3 is 6.09 Å². The average molecular weight is 571 g/mol. The number of hydrogen-bond acceptors (Lipinski definition) is 8. The number of hydrogen-bond donors (Lipinski definition) is 2. The second-order valence-corrected chi connectivity index (χ2v) is 13.1. The molecular formula is C30H46N6O5. The van der Waals surface area contributed by atoms with Crippen molar-refractivity contribution in [2.45, 2.75) is 78.0 Å². The van der Waals surface area contributed by atoms with E-state index >= 15 is 0 Å². The highest BCUT2D eigenvalue weighted by molar-refractivity contribution is 5.85. The number of amides is 2. The Bertz CT molecular complexity index is 1200. The lowest BCUT2D eigenvalue weighted by molar-refractivity contribution is -0.127. The lowest BCUT2D eigenvalue weighted by Crippen LogP contribution is -2.51. The number of pyridine rings is 1. The summed E-state index contributed by atoms with van der Waals surface area (Å²) in [5.41, 5.74) is 6.62. The Kier molecular flexibility index (Phi) is 8.59. The second kappa shape index (κ2) is 11.9. The van der Waals surface area contributed by atoms with Gasteiger partial charge in [-0.1, -0.05) is 13.5 Å². The van der Waals surface area contributed by atoms with E-state index in [0.717, 1.165) is 17.8 Å². The Morgan fingerprint density at radius 3 is 2.41 bits per heavy atom. The van der Waals surface area contributed by atoms with Gasteiger partial charge in [0.25, 0.3) is 0 Å². The van der Waals surface area contributed by atoms with Gasteiger partial charge in [-0.3, -0.25) is 9.20 Å². The zero-order chi connectivity index (χ0) is 27.9. The summed E-state index contributed by atoms with van der Waals surface area (Å²) < 4.78 is 19.3. The number of carbonyl (C=O) groups is 2. The van der Waals surface area contributed by atoms with Gasteiger partial charge in [0, 0.05) is 13.1 Å². The monoisotopic (exact) mass is 570 g/mol. The summed E-state index contributed by atoms with van der Waals surface area (Å²) in [5.74, 6) is 2.74. The SMILES string of the molecule is C.CC(C)(N)C(=O)N[C@H](COCC12CC3CC(CC(C3)C1)C2)c1nnc2cccc(COC(=O)N3CCOCC3)n12. The number of rotatable bonds is 9. The molecule has 4 saturated carbocycles. The molecule has 7 rings (SSSR count). The van der Waals surface area contributed by atoms with E-state index < -0.39 is 11.6 Å². The van der Waals surface area contributed by atoms with E-state index in [1.54, 1.807) is 18.7 Å². The van der Waals surface area contributed by atoms with Gasteiger partial charge in [0.15, 0.2) is 11.5 Å². The fourth-order valence-corrected chi connectivity index (χ4v) is 7.73. The van der Waals surface area contributed by atoms with Crippen molar-refractivity contribution in [3.05, 3.63) is 29.7 Å². The third kappa shape index (κ3) is 6.36. The second-order valence-electron chi connectivity index (χ2n) is 13.1. The van der Waals surface area contributed by atoms with Crippen LogP contribution >= 0.6 is 0 Å². The van der Waals surface area contributed by atoms with Gasteiger partial charge < -0.3 is 30.2 Å². The molecule has 3 heterocycles. The molecule has 4 aliphatic carbocycles. The van der Waals surface area contributed by atoms with E-state index in [0.29, 0.717) is 50.1 Å². The zero-order valence-electron chi connectivity index (χ0n) is 23.6. The van der Waals surface area contributed by atoms with Gasteiger partial charge in [-0.2, -0.15) is 0 Å². The third-order valence-electron chi connectivity index (χ3n) is 9.21. The molecule has 2 amide bonds. The van der Waals surface area contributed by atoms with Gasteiger partial charge in [0.2, 0.25) is 5.91 Å². The molecule has 5 aliphatic rings. The fourth-order valence-electron chi connectivity index (χ4n) is 7.73. The summed E-state index contributed by atoms with van der Waals surface area (Å²) in [6, 6.07) is 4.99. The lowest BCUT2D eigenvalue weighted by atomic mass is 9.50. The third-order valence-corrected chi connectivity index (χ3v) is 9.21. The van der Waals surface area contributed by atoms with Crippen LogP contribution in [0.25, 0.3) is 5.65 Å². The van der Waals surface area contributed by atoms with Crippen molar-refractivity contribution >= 4 is 17.6 Å². The van der Waals surface area contributed by atoms with Crippen LogP contribution in [0.2, 0.25) is 0 Å². The van der Waals surface area contributed by atoms with Crippen LogP contribution < -0.4 is 11.1 Å². The maximum absolute atomic E-state index is 13.0. The fraction of sp³-hybridized carbons (Fsp3) is 0.733. The lowest BCUT2D eigenvalue weighted by Gasteiger charge is -2.56. The normalized spacial score (nSPS) is 27.9. The molecular weight excluding hydrogens is 524 g/mol. The Morgan fingerprint density at radius 1 is 1.12 bits per heavy atom. The number of carbonyl (C=O) groups excluding carboxylic acids is 2. The van der Waals surface area contributed by atoms with Crippen LogP contribution in [-0.2, 0) is 25.6 Å². The first-order valence-corrected chi connectivity index (χ1v) is 14.7. The summed E-state index contributed by atoms with van der Waals surface area (Å²) in [6.45, 7) is 6.35. The van der Waals surface area contributed by atoms with Crippen LogP contribution in [0, 0.1) is 23.2 Å². The van der Waals surface area contributed by atoms with Gasteiger partial charge in [-0.05, 0) is 87.7 Å². The van der Waals surface area contributed by atoms with Crippen LogP contribution in [0.1, 0.15) is 77.4 Å². The molecule has 2 aromatic rings. The average Bonchev–Trinajstić information content (AvgIpc) is 3.35. The molecule has 1 atom stereocenters. The van der Waals surface area contributed by atoms with Crippen molar-refractivity contribution in [2.24, 2.45) is 28.9 Å². The Morgan fingerprint density at radius 2 is 1.78 bits per heavy atom. The van der Waals surface area contributed by atoms with Gasteiger partial charge in [0.1, 0.15) is 12.6 Å². The predicted octanol–water partition coefficient (Wildman–Crippen LogP) is 3.46. The minimum atomic E-state index is -1.07. The predicted molar refractivity (Wildman–Crippen MR) is 153 cm³/mol. The minimum Gasteiger partial charge on any atom is -0.443 e. The van der Waals surface area contributed by atoms with Crippen molar-refractivity contribution in [3.8, 4) is 0 Å².